The average Bonchev–Trinajstić information content (AvgIpc) is 2.61. The molecule has 1 aromatic carbocycles. The van der Waals surface area contributed by atoms with Crippen LogP contribution in [0.25, 0.3) is 10.9 Å². The topological polar surface area (TPSA) is 88.4 Å². The molecule has 26 heavy (non-hydrogen) atoms. The van der Waals surface area contributed by atoms with Gasteiger partial charge in [0.2, 0.25) is 5.75 Å². The number of fused-ring (bicyclic) bond motifs is 1. The molecule has 0 bridgehead atoms. The van der Waals surface area contributed by atoms with E-state index < -0.39 is 0 Å². The summed E-state index contributed by atoms with van der Waals surface area (Å²) in [6.07, 6.45) is 1.46. The van der Waals surface area contributed by atoms with E-state index in [9.17, 15) is 4.79 Å². The van der Waals surface area contributed by atoms with Crippen molar-refractivity contribution < 1.29 is 14.2 Å². The Morgan fingerprint density at radius 3 is 2.19 bits per heavy atom. The lowest BCUT2D eigenvalue weighted by Crippen LogP contribution is -2.22. The van der Waals surface area contributed by atoms with Crippen LogP contribution in [0.1, 0.15) is 17.2 Å². The molecule has 0 N–H and O–H groups in total. The van der Waals surface area contributed by atoms with Gasteiger partial charge in [-0.15, -0.1) is 0 Å². The second kappa shape index (κ2) is 6.99. The summed E-state index contributed by atoms with van der Waals surface area (Å²) < 4.78 is 17.5. The van der Waals surface area contributed by atoms with Gasteiger partial charge in [-0.05, 0) is 26.0 Å². The van der Waals surface area contributed by atoms with Gasteiger partial charge in [0.05, 0.1) is 39.6 Å². The molecule has 0 spiro atoms. The van der Waals surface area contributed by atoms with Crippen molar-refractivity contribution in [1.29, 1.82) is 0 Å². The lowest BCUT2D eigenvalue weighted by molar-refractivity contribution is 0.326. The minimum atomic E-state index is -0.239. The van der Waals surface area contributed by atoms with Crippen LogP contribution < -0.4 is 19.8 Å². The van der Waals surface area contributed by atoms with E-state index in [1.807, 2.05) is 19.9 Å². The summed E-state index contributed by atoms with van der Waals surface area (Å²) in [7, 11) is 4.50. The first-order valence-corrected chi connectivity index (χ1v) is 7.97. The van der Waals surface area contributed by atoms with E-state index in [1.54, 1.807) is 6.07 Å². The fraction of sp³-hybridized carbons (Fsp3) is 0.333. The van der Waals surface area contributed by atoms with Gasteiger partial charge in [-0.3, -0.25) is 9.36 Å². The third-order valence-corrected chi connectivity index (χ3v) is 3.96. The summed E-state index contributed by atoms with van der Waals surface area (Å²) in [5, 5.41) is 0.367. The molecule has 2 heterocycles. The number of rotatable bonds is 5. The molecule has 0 unspecified atom stereocenters. The van der Waals surface area contributed by atoms with Crippen LogP contribution in [-0.2, 0) is 6.54 Å². The molecular weight excluding hydrogens is 336 g/mol. The maximum Gasteiger partial charge on any atom is 0.261 e. The average molecular weight is 356 g/mol. The van der Waals surface area contributed by atoms with E-state index >= 15 is 0 Å². The van der Waals surface area contributed by atoms with Gasteiger partial charge in [0.15, 0.2) is 11.5 Å². The predicted molar refractivity (Wildman–Crippen MR) is 96.3 cm³/mol. The molecule has 0 saturated carbocycles. The van der Waals surface area contributed by atoms with Gasteiger partial charge in [0, 0.05) is 11.4 Å². The molecule has 3 aromatic rings. The van der Waals surface area contributed by atoms with Gasteiger partial charge < -0.3 is 14.2 Å². The van der Waals surface area contributed by atoms with Gasteiger partial charge in [0.1, 0.15) is 11.3 Å². The predicted octanol–water partition coefficient (Wildman–Crippen LogP) is 1.88. The van der Waals surface area contributed by atoms with Gasteiger partial charge in [-0.2, -0.15) is 0 Å². The lowest BCUT2D eigenvalue weighted by Gasteiger charge is -2.14. The molecule has 0 aliphatic heterocycles. The zero-order valence-electron chi connectivity index (χ0n) is 15.4. The van der Waals surface area contributed by atoms with Gasteiger partial charge in [-0.1, -0.05) is 0 Å². The summed E-state index contributed by atoms with van der Waals surface area (Å²) in [5.41, 5.74) is 1.87. The standard InChI is InChI=1S/C18H20N4O4/c1-10-6-11(2)21-14(20-10)8-22-9-19-15-12(18(22)23)7-13(24-3)16(25-4)17(15)26-5/h6-7,9H,8H2,1-5H3. The molecule has 3 rings (SSSR count). The normalized spacial score (nSPS) is 10.8. The highest BCUT2D eigenvalue weighted by Gasteiger charge is 2.19. The van der Waals surface area contributed by atoms with Crippen molar-refractivity contribution in [3.05, 3.63) is 46.0 Å². The Hall–Kier alpha value is -3.16. The SMILES string of the molecule is COc1cc2c(=O)n(Cc3nc(C)cc(C)n3)cnc2c(OC)c1OC. The molecule has 0 aliphatic rings. The monoisotopic (exact) mass is 356 g/mol. The number of methoxy groups -OCH3 is 3. The molecule has 8 heteroatoms. The fourth-order valence-electron chi connectivity index (χ4n) is 2.90. The van der Waals surface area contributed by atoms with Crippen LogP contribution in [0.3, 0.4) is 0 Å². The minimum Gasteiger partial charge on any atom is -0.493 e. The zero-order valence-corrected chi connectivity index (χ0v) is 15.4. The van der Waals surface area contributed by atoms with E-state index in [4.69, 9.17) is 14.2 Å². The Bertz CT molecular complexity index is 1010. The van der Waals surface area contributed by atoms with E-state index in [0.717, 1.165) is 11.4 Å². The van der Waals surface area contributed by atoms with Crippen LogP contribution in [0.15, 0.2) is 23.3 Å². The summed E-state index contributed by atoms with van der Waals surface area (Å²) in [4.78, 5) is 26.1. The van der Waals surface area contributed by atoms with Crippen molar-refractivity contribution in [1.82, 2.24) is 19.5 Å². The summed E-state index contributed by atoms with van der Waals surface area (Å²) in [5.74, 6) is 1.70. The quantitative estimate of drug-likeness (QED) is 0.689. The van der Waals surface area contributed by atoms with Crippen LogP contribution in [-0.4, -0.2) is 40.8 Å². The van der Waals surface area contributed by atoms with E-state index in [-0.39, 0.29) is 12.1 Å². The number of aromatic nitrogens is 4. The fourth-order valence-corrected chi connectivity index (χ4v) is 2.90. The highest BCUT2D eigenvalue weighted by Crippen LogP contribution is 2.41. The highest BCUT2D eigenvalue weighted by molar-refractivity contribution is 5.89. The number of nitrogens with zero attached hydrogens (tertiary/aromatic N) is 4. The van der Waals surface area contributed by atoms with E-state index in [2.05, 4.69) is 15.0 Å². The van der Waals surface area contributed by atoms with Crippen molar-refractivity contribution in [3.8, 4) is 17.2 Å². The zero-order chi connectivity index (χ0) is 18.8. The molecule has 0 atom stereocenters. The number of hydrogen-bond acceptors (Lipinski definition) is 7. The molecule has 0 saturated heterocycles. The second-order valence-electron chi connectivity index (χ2n) is 5.79. The Balaban J connectivity index is 2.18. The highest BCUT2D eigenvalue weighted by atomic mass is 16.5. The van der Waals surface area contributed by atoms with Crippen LogP contribution in [0.4, 0.5) is 0 Å². The summed E-state index contributed by atoms with van der Waals surface area (Å²) in [6.45, 7) is 4.00. The molecular formula is C18H20N4O4. The van der Waals surface area contributed by atoms with Crippen LogP contribution in [0.2, 0.25) is 0 Å². The Labute approximate surface area is 150 Å². The number of hydrogen-bond donors (Lipinski definition) is 0. The van der Waals surface area contributed by atoms with Crippen molar-refractivity contribution in [2.45, 2.75) is 20.4 Å². The minimum absolute atomic E-state index is 0.223. The molecule has 8 nitrogen and oxygen atoms in total. The maximum atomic E-state index is 13.0. The molecule has 0 aliphatic carbocycles. The Morgan fingerprint density at radius 2 is 1.62 bits per heavy atom. The maximum absolute atomic E-state index is 13.0. The largest absolute Gasteiger partial charge is 0.493 e. The molecule has 2 aromatic heterocycles. The van der Waals surface area contributed by atoms with Crippen molar-refractivity contribution >= 4 is 10.9 Å². The molecule has 0 amide bonds. The molecule has 136 valence electrons. The van der Waals surface area contributed by atoms with Gasteiger partial charge in [0.25, 0.3) is 5.56 Å². The van der Waals surface area contributed by atoms with Gasteiger partial charge in [-0.25, -0.2) is 15.0 Å². The van der Waals surface area contributed by atoms with Crippen molar-refractivity contribution in [2.75, 3.05) is 21.3 Å². The third kappa shape index (κ3) is 3.05. The molecule has 0 radical (unpaired) electrons. The lowest BCUT2D eigenvalue weighted by atomic mass is 10.2. The Morgan fingerprint density at radius 1 is 0.962 bits per heavy atom. The first kappa shape index (κ1) is 17.7. The van der Waals surface area contributed by atoms with Crippen molar-refractivity contribution in [3.63, 3.8) is 0 Å². The van der Waals surface area contributed by atoms with Crippen molar-refractivity contribution in [2.24, 2.45) is 0 Å². The van der Waals surface area contributed by atoms with Crippen LogP contribution >= 0.6 is 0 Å². The summed E-state index contributed by atoms with van der Waals surface area (Å²) in [6, 6.07) is 3.48. The van der Waals surface area contributed by atoms with E-state index in [0.29, 0.717) is 34.0 Å². The summed E-state index contributed by atoms with van der Waals surface area (Å²) >= 11 is 0. The Kier molecular flexibility index (Phi) is 4.75. The smallest absolute Gasteiger partial charge is 0.261 e. The molecule has 0 fully saturated rings. The van der Waals surface area contributed by atoms with E-state index in [1.165, 1.54) is 32.2 Å². The number of aryl methyl sites for hydroxylation is 2. The van der Waals surface area contributed by atoms with Gasteiger partial charge >= 0.3 is 0 Å². The second-order valence-corrected chi connectivity index (χ2v) is 5.79. The number of benzene rings is 1. The van der Waals surface area contributed by atoms with Crippen LogP contribution in [0, 0.1) is 13.8 Å². The first-order chi connectivity index (χ1) is 12.5. The third-order valence-electron chi connectivity index (χ3n) is 3.96. The number of ether oxygens (including phenoxy) is 3. The first-order valence-electron chi connectivity index (χ1n) is 7.97. The van der Waals surface area contributed by atoms with Crippen LogP contribution in [0.5, 0.6) is 17.2 Å².